The molecule has 2 aromatic heterocycles. The maximum atomic E-state index is 12.6. The van der Waals surface area contributed by atoms with Crippen LogP contribution in [0.25, 0.3) is 11.2 Å². The number of anilines is 1. The van der Waals surface area contributed by atoms with Gasteiger partial charge in [-0.3, -0.25) is 4.79 Å². The molecule has 0 spiro atoms. The Hall–Kier alpha value is -3.11. The van der Waals surface area contributed by atoms with E-state index in [0.717, 1.165) is 0 Å². The number of hydrogen-bond acceptors (Lipinski definition) is 12. The van der Waals surface area contributed by atoms with Crippen LogP contribution in [0.2, 0.25) is 0 Å². The fourth-order valence-electron chi connectivity index (χ4n) is 3.82. The smallest absolute Gasteiger partial charge is 0.407 e. The number of fused-ring (bicyclic) bond motifs is 1. The summed E-state index contributed by atoms with van der Waals surface area (Å²) in [5, 5.41) is 39.3. The van der Waals surface area contributed by atoms with Gasteiger partial charge in [0.1, 0.15) is 35.8 Å². The maximum Gasteiger partial charge on any atom is 0.407 e. The molecule has 0 unspecified atom stereocenters. The quantitative estimate of drug-likeness (QED) is 0.170. The van der Waals surface area contributed by atoms with Crippen molar-refractivity contribution in [3.05, 3.63) is 12.7 Å². The number of amides is 2. The Morgan fingerprint density at radius 3 is 2.68 bits per heavy atom. The highest BCUT2D eigenvalue weighted by molar-refractivity contribution is 5.82. The van der Waals surface area contributed by atoms with Gasteiger partial charge in [-0.15, -0.1) is 0 Å². The van der Waals surface area contributed by atoms with Crippen LogP contribution >= 0.6 is 0 Å². The lowest BCUT2D eigenvalue weighted by Gasteiger charge is -2.43. The highest BCUT2D eigenvalue weighted by Crippen LogP contribution is 2.24. The van der Waals surface area contributed by atoms with Crippen LogP contribution in [0.3, 0.4) is 0 Å². The van der Waals surface area contributed by atoms with Crippen LogP contribution in [0.5, 0.6) is 0 Å². The lowest BCUT2D eigenvalue weighted by molar-refractivity contribution is -0.185. The normalized spacial score (nSPS) is 24.9. The average molecular weight is 525 g/mol. The van der Waals surface area contributed by atoms with Crippen molar-refractivity contribution in [1.82, 2.24) is 30.6 Å². The molecule has 15 heteroatoms. The van der Waals surface area contributed by atoms with E-state index in [-0.39, 0.29) is 5.82 Å². The van der Waals surface area contributed by atoms with Crippen molar-refractivity contribution in [2.75, 3.05) is 18.5 Å². The first-order valence-corrected chi connectivity index (χ1v) is 12.1. The second-order valence-corrected chi connectivity index (χ2v) is 9.79. The van der Waals surface area contributed by atoms with Crippen molar-refractivity contribution >= 4 is 29.0 Å². The zero-order valence-electron chi connectivity index (χ0n) is 21.0. The van der Waals surface area contributed by atoms with Crippen LogP contribution in [0, 0.1) is 0 Å². The summed E-state index contributed by atoms with van der Waals surface area (Å²) in [6.07, 6.45) is -1.50. The summed E-state index contributed by atoms with van der Waals surface area (Å²) >= 11 is 0. The number of hydrogen-bond donors (Lipinski definition) is 8. The number of unbranched alkanes of at least 4 members (excludes halogenated alkanes) is 1. The van der Waals surface area contributed by atoms with Crippen LogP contribution in [0.1, 0.15) is 40.0 Å². The molecule has 0 aliphatic carbocycles. The van der Waals surface area contributed by atoms with Gasteiger partial charge in [0, 0.05) is 6.54 Å². The molecular weight excluding hydrogens is 488 g/mol. The maximum absolute atomic E-state index is 12.6. The van der Waals surface area contributed by atoms with Crippen LogP contribution in [-0.2, 0) is 14.3 Å². The lowest BCUT2D eigenvalue weighted by atomic mass is 9.95. The molecule has 0 saturated carbocycles. The second kappa shape index (κ2) is 12.4. The number of nitrogens with one attached hydrogen (secondary N) is 4. The highest BCUT2D eigenvalue weighted by atomic mass is 16.6. The first kappa shape index (κ1) is 28.5. The van der Waals surface area contributed by atoms with Gasteiger partial charge in [0.25, 0.3) is 0 Å². The summed E-state index contributed by atoms with van der Waals surface area (Å²) in [5.74, 6) is -0.291. The fourth-order valence-corrected chi connectivity index (χ4v) is 3.82. The van der Waals surface area contributed by atoms with Gasteiger partial charge < -0.3 is 51.5 Å². The summed E-state index contributed by atoms with van der Waals surface area (Å²) in [6, 6.07) is -2.02. The first-order valence-electron chi connectivity index (χ1n) is 12.1. The Balaban J connectivity index is 1.48. The number of aliphatic hydroxyl groups is 3. The van der Waals surface area contributed by atoms with Crippen molar-refractivity contribution in [3.63, 3.8) is 0 Å². The molecule has 1 aliphatic heterocycles. The predicted octanol–water partition coefficient (Wildman–Crippen LogP) is -1.29. The second-order valence-electron chi connectivity index (χ2n) is 9.79. The molecule has 15 nitrogen and oxygen atoms in total. The van der Waals surface area contributed by atoms with Crippen molar-refractivity contribution in [2.24, 2.45) is 5.73 Å². The summed E-state index contributed by atoms with van der Waals surface area (Å²) in [7, 11) is 0. The predicted molar refractivity (Wildman–Crippen MR) is 131 cm³/mol. The van der Waals surface area contributed by atoms with Gasteiger partial charge in [-0.1, -0.05) is 0 Å². The topological polar surface area (TPSA) is 230 Å². The largest absolute Gasteiger partial charge is 0.444 e. The minimum Gasteiger partial charge on any atom is -0.444 e. The molecule has 3 heterocycles. The summed E-state index contributed by atoms with van der Waals surface area (Å²) in [6.45, 7) is 5.13. The molecule has 0 bridgehead atoms. The van der Waals surface area contributed by atoms with Crippen molar-refractivity contribution < 1.29 is 34.4 Å². The van der Waals surface area contributed by atoms with Gasteiger partial charge in [-0.2, -0.15) is 0 Å². The number of carbonyl (C=O) groups is 2. The van der Waals surface area contributed by atoms with E-state index in [4.69, 9.17) is 15.2 Å². The molecule has 3 rings (SSSR count). The Kier molecular flexibility index (Phi) is 9.56. The molecule has 1 aliphatic rings. The standard InChI is InChI=1S/C22H36N8O7/c1-22(2,3)37-21(35)24-7-5-4-6-11(23)19(34)29-13-12(8-31)36-20(16(33)15(13)32)30-18-14-17(26-9-25-14)27-10-28-18/h9-13,15-16,20,31-33H,4-8,23H2,1-3H3,(H,24,35)(H,29,34)(H2,25,26,27,28,30)/t11-,12-,13-,15+,16-,20-/m0/s1. The SMILES string of the molecule is CC(C)(C)OC(=O)NCCCC[C@H](N)C(=O)N[C@@H]1[C@@H](O)[C@H](O)[C@@H](Nc2ncnc3nc[nH]c23)O[C@H]1CO. The summed E-state index contributed by atoms with van der Waals surface area (Å²) < 4.78 is 10.9. The molecule has 6 atom stereocenters. The molecular formula is C22H36N8O7. The van der Waals surface area contributed by atoms with E-state index in [9.17, 15) is 24.9 Å². The van der Waals surface area contributed by atoms with Gasteiger partial charge in [-0.25, -0.2) is 19.7 Å². The van der Waals surface area contributed by atoms with Crippen molar-refractivity contribution in [3.8, 4) is 0 Å². The molecule has 1 saturated heterocycles. The third-order valence-electron chi connectivity index (χ3n) is 5.69. The minimum absolute atomic E-state index is 0.279. The monoisotopic (exact) mass is 524 g/mol. The molecule has 37 heavy (non-hydrogen) atoms. The molecule has 2 aromatic rings. The number of ether oxygens (including phenoxy) is 2. The minimum atomic E-state index is -1.48. The number of nitrogens with two attached hydrogens (primary N) is 1. The number of H-pyrrole nitrogens is 1. The molecule has 1 fully saturated rings. The van der Waals surface area contributed by atoms with E-state index in [2.05, 4.69) is 35.9 Å². The third kappa shape index (κ3) is 7.69. The average Bonchev–Trinajstić information content (AvgIpc) is 3.32. The Morgan fingerprint density at radius 2 is 1.97 bits per heavy atom. The van der Waals surface area contributed by atoms with E-state index >= 15 is 0 Å². The fraction of sp³-hybridized carbons (Fsp3) is 0.682. The third-order valence-corrected chi connectivity index (χ3v) is 5.69. The Morgan fingerprint density at radius 1 is 1.22 bits per heavy atom. The zero-order valence-corrected chi connectivity index (χ0v) is 21.0. The molecule has 0 radical (unpaired) electrons. The van der Waals surface area contributed by atoms with E-state index in [1.807, 2.05) is 0 Å². The first-order chi connectivity index (χ1) is 17.5. The van der Waals surface area contributed by atoms with Crippen LogP contribution in [0.4, 0.5) is 10.6 Å². The Labute approximate surface area is 213 Å². The van der Waals surface area contributed by atoms with Gasteiger partial charge in [-0.05, 0) is 40.0 Å². The van der Waals surface area contributed by atoms with Crippen molar-refractivity contribution in [2.45, 2.75) is 82.3 Å². The van der Waals surface area contributed by atoms with E-state index in [1.165, 1.54) is 12.7 Å². The van der Waals surface area contributed by atoms with Gasteiger partial charge in [0.15, 0.2) is 17.7 Å². The van der Waals surface area contributed by atoms with E-state index < -0.39 is 60.8 Å². The number of aromatic nitrogens is 4. The van der Waals surface area contributed by atoms with Crippen LogP contribution < -0.4 is 21.7 Å². The summed E-state index contributed by atoms with van der Waals surface area (Å²) in [4.78, 5) is 39.3. The van der Waals surface area contributed by atoms with E-state index in [1.54, 1.807) is 20.8 Å². The highest BCUT2D eigenvalue weighted by Gasteiger charge is 2.45. The Bertz CT molecular complexity index is 1040. The van der Waals surface area contributed by atoms with Gasteiger partial charge >= 0.3 is 6.09 Å². The summed E-state index contributed by atoms with van der Waals surface area (Å²) in [5.41, 5.74) is 6.26. The number of aromatic amines is 1. The number of aliphatic hydroxyl groups excluding tert-OH is 3. The molecule has 206 valence electrons. The van der Waals surface area contributed by atoms with Crippen LogP contribution in [-0.4, -0.2) is 103 Å². The molecule has 2 amide bonds. The van der Waals surface area contributed by atoms with E-state index in [0.29, 0.717) is 37.0 Å². The zero-order chi connectivity index (χ0) is 27.2. The van der Waals surface area contributed by atoms with Crippen LogP contribution in [0.15, 0.2) is 12.7 Å². The number of nitrogens with zero attached hydrogens (tertiary/aromatic N) is 3. The van der Waals surface area contributed by atoms with Crippen molar-refractivity contribution in [1.29, 1.82) is 0 Å². The lowest BCUT2D eigenvalue weighted by Crippen LogP contribution is -2.66. The number of imidazole rings is 1. The number of alkyl carbamates (subject to hydrolysis) is 1. The molecule has 0 aromatic carbocycles. The van der Waals surface area contributed by atoms with Gasteiger partial charge in [0.2, 0.25) is 5.91 Å². The van der Waals surface area contributed by atoms with Gasteiger partial charge in [0.05, 0.1) is 25.0 Å². The molecule has 9 N–H and O–H groups in total. The number of rotatable bonds is 10. The number of carbonyl (C=O) groups excluding carboxylic acids is 2.